The van der Waals surface area contributed by atoms with Crippen LogP contribution in [0.4, 0.5) is 17.3 Å². The largest absolute Gasteiger partial charge is 0.364 e. The molecule has 0 fully saturated rings. The van der Waals surface area contributed by atoms with Crippen molar-refractivity contribution < 1.29 is 13.3 Å². The molecule has 0 amide bonds. The Balaban J connectivity index is 2.79. The molecule has 0 radical (unpaired) electrons. The molecule has 1 aromatic heterocycles. The van der Waals surface area contributed by atoms with Gasteiger partial charge in [0.05, 0.1) is 11.2 Å². The lowest BCUT2D eigenvalue weighted by Gasteiger charge is -2.09. The average Bonchev–Trinajstić information content (AvgIpc) is 2.40. The Morgan fingerprint density at radius 1 is 1.19 bits per heavy atom. The molecule has 0 saturated carbocycles. The highest BCUT2D eigenvalue weighted by molar-refractivity contribution is 7.88. The van der Waals surface area contributed by atoms with Gasteiger partial charge in [0, 0.05) is 19.6 Å². The van der Waals surface area contributed by atoms with Crippen LogP contribution in [0.15, 0.2) is 6.33 Å². The lowest BCUT2D eigenvalue weighted by atomic mass is 10.4. The average molecular weight is 318 g/mol. The number of nitro groups is 1. The van der Waals surface area contributed by atoms with Gasteiger partial charge in [-0.1, -0.05) is 6.92 Å². The maximum Gasteiger partial charge on any atom is 0.353 e. The summed E-state index contributed by atoms with van der Waals surface area (Å²) in [4.78, 5) is 18.2. The Bertz CT molecular complexity index is 591. The zero-order valence-corrected chi connectivity index (χ0v) is 12.6. The minimum Gasteiger partial charge on any atom is -0.364 e. The van der Waals surface area contributed by atoms with Gasteiger partial charge in [0.2, 0.25) is 21.7 Å². The maximum absolute atomic E-state index is 11.1. The van der Waals surface area contributed by atoms with Crippen LogP contribution in [0.1, 0.15) is 13.3 Å². The van der Waals surface area contributed by atoms with E-state index in [1.54, 1.807) is 0 Å². The van der Waals surface area contributed by atoms with Crippen molar-refractivity contribution in [3.8, 4) is 0 Å². The molecule has 1 rings (SSSR count). The number of hydrogen-bond donors (Lipinski definition) is 3. The first kappa shape index (κ1) is 17.0. The first-order valence-electron chi connectivity index (χ1n) is 6.27. The molecule has 21 heavy (non-hydrogen) atoms. The molecular formula is C10H18N6O4S. The summed E-state index contributed by atoms with van der Waals surface area (Å²) < 4.78 is 24.1. The fourth-order valence-electron chi connectivity index (χ4n) is 1.47. The highest BCUT2D eigenvalue weighted by Gasteiger charge is 2.22. The molecule has 0 unspecified atom stereocenters. The third kappa shape index (κ3) is 5.87. The van der Waals surface area contributed by atoms with Crippen LogP contribution < -0.4 is 15.4 Å². The van der Waals surface area contributed by atoms with E-state index in [2.05, 4.69) is 25.3 Å². The van der Waals surface area contributed by atoms with E-state index in [-0.39, 0.29) is 30.4 Å². The molecule has 10 nitrogen and oxygen atoms in total. The van der Waals surface area contributed by atoms with Crippen LogP contribution in [0.5, 0.6) is 0 Å². The predicted octanol–water partition coefficient (Wildman–Crippen LogP) is 0.168. The molecule has 0 aliphatic rings. The van der Waals surface area contributed by atoms with Crippen LogP contribution in [-0.4, -0.2) is 49.2 Å². The van der Waals surface area contributed by atoms with Gasteiger partial charge in [0.15, 0.2) is 0 Å². The summed E-state index contributed by atoms with van der Waals surface area (Å²) in [5, 5.41) is 16.7. The van der Waals surface area contributed by atoms with Gasteiger partial charge >= 0.3 is 5.69 Å². The Kier molecular flexibility index (Phi) is 6.24. The first-order valence-corrected chi connectivity index (χ1v) is 8.16. The van der Waals surface area contributed by atoms with E-state index in [9.17, 15) is 18.5 Å². The van der Waals surface area contributed by atoms with Crippen LogP contribution in [-0.2, 0) is 10.0 Å². The summed E-state index contributed by atoms with van der Waals surface area (Å²) in [6, 6.07) is 0. The summed E-state index contributed by atoms with van der Waals surface area (Å²) in [5.41, 5.74) is -0.259. The minimum atomic E-state index is -3.29. The van der Waals surface area contributed by atoms with Crippen LogP contribution >= 0.6 is 0 Å². The van der Waals surface area contributed by atoms with Crippen molar-refractivity contribution in [1.29, 1.82) is 0 Å². The standard InChI is InChI=1S/C10H18N6O4S/c1-3-4-11-9-8(16(17)18)10(14-7-13-9)12-5-6-15-21(2,19)20/h7,15H,3-6H2,1-2H3,(H2,11,12,13,14). The van der Waals surface area contributed by atoms with Gasteiger partial charge in [-0.05, 0) is 6.42 Å². The topological polar surface area (TPSA) is 139 Å². The Morgan fingerprint density at radius 2 is 1.76 bits per heavy atom. The lowest BCUT2D eigenvalue weighted by Crippen LogP contribution is -2.28. The molecule has 0 atom stereocenters. The maximum atomic E-state index is 11.1. The van der Waals surface area contributed by atoms with Crippen molar-refractivity contribution in [2.75, 3.05) is 36.5 Å². The van der Waals surface area contributed by atoms with E-state index < -0.39 is 14.9 Å². The van der Waals surface area contributed by atoms with Crippen molar-refractivity contribution in [1.82, 2.24) is 14.7 Å². The molecule has 0 spiro atoms. The van der Waals surface area contributed by atoms with E-state index in [1.807, 2.05) is 6.92 Å². The summed E-state index contributed by atoms with van der Waals surface area (Å²) in [5.74, 6) is 0.180. The first-order chi connectivity index (χ1) is 9.85. The SMILES string of the molecule is CCCNc1ncnc(NCCNS(C)(=O)=O)c1[N+](=O)[O-]. The van der Waals surface area contributed by atoms with Crippen LogP contribution in [0.2, 0.25) is 0 Å². The molecule has 0 aliphatic heterocycles. The molecule has 1 heterocycles. The van der Waals surface area contributed by atoms with Crippen LogP contribution in [0, 0.1) is 10.1 Å². The second kappa shape index (κ2) is 7.69. The van der Waals surface area contributed by atoms with Gasteiger partial charge < -0.3 is 10.6 Å². The zero-order valence-electron chi connectivity index (χ0n) is 11.8. The molecule has 118 valence electrons. The predicted molar refractivity (Wildman–Crippen MR) is 78.8 cm³/mol. The minimum absolute atomic E-state index is 0.0453. The molecule has 0 aromatic carbocycles. The highest BCUT2D eigenvalue weighted by Crippen LogP contribution is 2.28. The van der Waals surface area contributed by atoms with Crippen LogP contribution in [0.3, 0.4) is 0 Å². The number of nitrogens with zero attached hydrogens (tertiary/aromatic N) is 3. The second-order valence-corrected chi connectivity index (χ2v) is 6.03. The van der Waals surface area contributed by atoms with Crippen LogP contribution in [0.25, 0.3) is 0 Å². The molecule has 0 bridgehead atoms. The molecule has 3 N–H and O–H groups in total. The third-order valence-corrected chi connectivity index (χ3v) is 3.06. The fraction of sp³-hybridized carbons (Fsp3) is 0.600. The summed E-state index contributed by atoms with van der Waals surface area (Å²) in [6.45, 7) is 2.73. The highest BCUT2D eigenvalue weighted by atomic mass is 32.2. The Morgan fingerprint density at radius 3 is 2.24 bits per heavy atom. The zero-order chi connectivity index (χ0) is 15.9. The lowest BCUT2D eigenvalue weighted by molar-refractivity contribution is -0.383. The van der Waals surface area contributed by atoms with Gasteiger partial charge in [-0.25, -0.2) is 23.1 Å². The van der Waals surface area contributed by atoms with Crippen molar-refractivity contribution in [2.45, 2.75) is 13.3 Å². The van der Waals surface area contributed by atoms with Crippen molar-refractivity contribution in [2.24, 2.45) is 0 Å². The Hall–Kier alpha value is -2.01. The second-order valence-electron chi connectivity index (χ2n) is 4.20. The normalized spacial score (nSPS) is 11.1. The third-order valence-electron chi connectivity index (χ3n) is 2.33. The number of rotatable bonds is 9. The number of hydrogen-bond acceptors (Lipinski definition) is 8. The monoisotopic (exact) mass is 318 g/mol. The number of anilines is 2. The van der Waals surface area contributed by atoms with Gasteiger partial charge in [0.25, 0.3) is 0 Å². The van der Waals surface area contributed by atoms with E-state index >= 15 is 0 Å². The van der Waals surface area contributed by atoms with Gasteiger partial charge in [0.1, 0.15) is 6.33 Å². The van der Waals surface area contributed by atoms with Crippen molar-refractivity contribution in [3.05, 3.63) is 16.4 Å². The summed E-state index contributed by atoms with van der Waals surface area (Å²) >= 11 is 0. The number of nitrogens with one attached hydrogen (secondary N) is 3. The summed E-state index contributed by atoms with van der Waals surface area (Å²) in [6.07, 6.45) is 3.03. The fourth-order valence-corrected chi connectivity index (χ4v) is 1.94. The van der Waals surface area contributed by atoms with E-state index in [0.717, 1.165) is 12.7 Å². The number of sulfonamides is 1. The van der Waals surface area contributed by atoms with E-state index in [1.165, 1.54) is 6.33 Å². The van der Waals surface area contributed by atoms with Gasteiger partial charge in [-0.2, -0.15) is 0 Å². The van der Waals surface area contributed by atoms with Crippen molar-refractivity contribution in [3.63, 3.8) is 0 Å². The smallest absolute Gasteiger partial charge is 0.353 e. The molecule has 0 aliphatic carbocycles. The van der Waals surface area contributed by atoms with Crippen molar-refractivity contribution >= 4 is 27.3 Å². The van der Waals surface area contributed by atoms with E-state index in [4.69, 9.17) is 0 Å². The van der Waals surface area contributed by atoms with E-state index in [0.29, 0.717) is 6.54 Å². The van der Waals surface area contributed by atoms with Gasteiger partial charge in [-0.15, -0.1) is 0 Å². The Labute approximate surface area is 122 Å². The molecular weight excluding hydrogens is 300 g/mol. The number of aromatic nitrogens is 2. The van der Waals surface area contributed by atoms with Gasteiger partial charge in [-0.3, -0.25) is 10.1 Å². The molecule has 11 heteroatoms. The molecule has 0 saturated heterocycles. The molecule has 1 aromatic rings. The quantitative estimate of drug-likeness (QED) is 0.332. The summed E-state index contributed by atoms with van der Waals surface area (Å²) in [7, 11) is -3.29.